The summed E-state index contributed by atoms with van der Waals surface area (Å²) in [6.07, 6.45) is 0. The Hall–Kier alpha value is -2.04. The third-order valence-electron chi connectivity index (χ3n) is 1.69. The number of nitrogens with zero attached hydrogens (tertiary/aromatic N) is 1. The van der Waals surface area contributed by atoms with Gasteiger partial charge >= 0.3 is 5.88 Å². The lowest BCUT2D eigenvalue weighted by Gasteiger charge is -1.89. The minimum Gasteiger partial charge on any atom is -0.504 e. The summed E-state index contributed by atoms with van der Waals surface area (Å²) in [5.41, 5.74) is 0.147. The number of hydrogen-bond acceptors (Lipinski definition) is 4. The standard InChI is InChI=1S/C8H5NO4/c10-6-3-1-2-5-4-7(9(11)12)13-8(5)6/h1-4,10H. The average Bonchev–Trinajstić information content (AvgIpc) is 2.49. The Morgan fingerprint density at radius 2 is 2.23 bits per heavy atom. The molecular formula is C8H5NO4. The van der Waals surface area contributed by atoms with Crippen molar-refractivity contribution in [3.63, 3.8) is 0 Å². The summed E-state index contributed by atoms with van der Waals surface area (Å²) in [6, 6.07) is 5.91. The summed E-state index contributed by atoms with van der Waals surface area (Å²) in [5.74, 6) is -0.456. The van der Waals surface area contributed by atoms with E-state index in [1.807, 2.05) is 0 Å². The monoisotopic (exact) mass is 179 g/mol. The summed E-state index contributed by atoms with van der Waals surface area (Å²) in [6.45, 7) is 0. The minimum atomic E-state index is -0.639. The lowest BCUT2D eigenvalue weighted by molar-refractivity contribution is -0.401. The van der Waals surface area contributed by atoms with Gasteiger partial charge in [0.2, 0.25) is 0 Å². The van der Waals surface area contributed by atoms with Crippen molar-refractivity contribution < 1.29 is 14.4 Å². The van der Waals surface area contributed by atoms with Gasteiger partial charge in [0.15, 0.2) is 11.3 Å². The van der Waals surface area contributed by atoms with Crippen LogP contribution in [0.4, 0.5) is 5.88 Å². The fourth-order valence-corrected chi connectivity index (χ4v) is 1.12. The molecule has 0 bridgehead atoms. The Labute approximate surface area is 72.4 Å². The first kappa shape index (κ1) is 7.60. The van der Waals surface area contributed by atoms with Gasteiger partial charge in [-0.2, -0.15) is 0 Å². The van der Waals surface area contributed by atoms with Crippen molar-refractivity contribution in [2.45, 2.75) is 0 Å². The van der Waals surface area contributed by atoms with Gasteiger partial charge in [-0.3, -0.25) is 10.1 Å². The number of rotatable bonds is 1. The molecule has 0 atom stereocenters. The molecule has 0 amide bonds. The van der Waals surface area contributed by atoms with E-state index in [0.717, 1.165) is 0 Å². The first-order chi connectivity index (χ1) is 6.18. The van der Waals surface area contributed by atoms with Crippen molar-refractivity contribution in [1.82, 2.24) is 0 Å². The second-order valence-electron chi connectivity index (χ2n) is 2.54. The van der Waals surface area contributed by atoms with Gasteiger partial charge < -0.3 is 9.52 Å². The number of nitro groups is 1. The summed E-state index contributed by atoms with van der Waals surface area (Å²) >= 11 is 0. The first-order valence-electron chi connectivity index (χ1n) is 3.54. The van der Waals surface area contributed by atoms with Crippen molar-refractivity contribution in [3.05, 3.63) is 34.4 Å². The lowest BCUT2D eigenvalue weighted by Crippen LogP contribution is -1.82. The molecule has 0 saturated carbocycles. The molecule has 0 spiro atoms. The molecular weight excluding hydrogens is 174 g/mol. The van der Waals surface area contributed by atoms with Crippen LogP contribution in [0.2, 0.25) is 0 Å². The van der Waals surface area contributed by atoms with Crippen LogP contribution in [0.3, 0.4) is 0 Å². The predicted molar refractivity (Wildman–Crippen MR) is 44.5 cm³/mol. The van der Waals surface area contributed by atoms with E-state index in [-0.39, 0.29) is 17.2 Å². The quantitative estimate of drug-likeness (QED) is 0.536. The predicted octanol–water partition coefficient (Wildman–Crippen LogP) is 2.05. The lowest BCUT2D eigenvalue weighted by atomic mass is 10.2. The molecule has 0 fully saturated rings. The minimum absolute atomic E-state index is 0.0920. The Kier molecular flexibility index (Phi) is 1.45. The van der Waals surface area contributed by atoms with Gasteiger partial charge in [-0.1, -0.05) is 12.1 Å². The molecule has 5 nitrogen and oxygen atoms in total. The number of para-hydroxylation sites is 1. The van der Waals surface area contributed by atoms with Crippen LogP contribution in [0, 0.1) is 10.1 Å². The van der Waals surface area contributed by atoms with E-state index in [1.54, 1.807) is 12.1 Å². The van der Waals surface area contributed by atoms with Crippen LogP contribution in [0.5, 0.6) is 5.75 Å². The fourth-order valence-electron chi connectivity index (χ4n) is 1.12. The molecule has 1 aromatic heterocycles. The van der Waals surface area contributed by atoms with Gasteiger partial charge in [-0.15, -0.1) is 0 Å². The number of aromatic hydroxyl groups is 1. The average molecular weight is 179 g/mol. The molecule has 0 saturated heterocycles. The highest BCUT2D eigenvalue weighted by molar-refractivity contribution is 5.84. The topological polar surface area (TPSA) is 76.5 Å². The Morgan fingerprint density at radius 3 is 2.85 bits per heavy atom. The van der Waals surface area contributed by atoms with Crippen molar-refractivity contribution in [2.24, 2.45) is 0 Å². The Balaban J connectivity index is 2.75. The smallest absolute Gasteiger partial charge is 0.434 e. The maximum absolute atomic E-state index is 10.3. The highest BCUT2D eigenvalue weighted by atomic mass is 16.6. The summed E-state index contributed by atoms with van der Waals surface area (Å²) in [5, 5.41) is 20.1. The Bertz CT molecular complexity index is 474. The second kappa shape index (κ2) is 2.48. The third-order valence-corrected chi connectivity index (χ3v) is 1.69. The zero-order chi connectivity index (χ0) is 9.42. The normalized spacial score (nSPS) is 10.5. The van der Waals surface area contributed by atoms with E-state index < -0.39 is 4.92 Å². The molecule has 5 heteroatoms. The number of benzene rings is 1. The second-order valence-corrected chi connectivity index (χ2v) is 2.54. The van der Waals surface area contributed by atoms with E-state index in [1.165, 1.54) is 12.1 Å². The van der Waals surface area contributed by atoms with E-state index in [2.05, 4.69) is 0 Å². The van der Waals surface area contributed by atoms with Crippen LogP contribution in [-0.2, 0) is 0 Å². The van der Waals surface area contributed by atoms with E-state index in [4.69, 9.17) is 4.42 Å². The van der Waals surface area contributed by atoms with Crippen LogP contribution in [0.25, 0.3) is 11.0 Å². The molecule has 13 heavy (non-hydrogen) atoms. The van der Waals surface area contributed by atoms with Gasteiger partial charge in [-0.05, 0) is 6.07 Å². The number of furan rings is 1. The molecule has 0 radical (unpaired) electrons. The van der Waals surface area contributed by atoms with Crippen molar-refractivity contribution in [2.75, 3.05) is 0 Å². The maximum Gasteiger partial charge on any atom is 0.434 e. The molecule has 0 aliphatic rings. The van der Waals surface area contributed by atoms with Crippen molar-refractivity contribution in [3.8, 4) is 5.75 Å². The van der Waals surface area contributed by atoms with Crippen LogP contribution in [0.1, 0.15) is 0 Å². The SMILES string of the molecule is O=[N+]([O-])c1cc2cccc(O)c2o1. The van der Waals surface area contributed by atoms with Gasteiger partial charge in [0, 0.05) is 5.39 Å². The molecule has 1 heterocycles. The van der Waals surface area contributed by atoms with Gasteiger partial charge in [0.1, 0.15) is 4.92 Å². The number of fused-ring (bicyclic) bond motifs is 1. The van der Waals surface area contributed by atoms with E-state index >= 15 is 0 Å². The number of phenols is 1. The number of phenolic OH excluding ortho intramolecular Hbond substituents is 1. The molecule has 0 unspecified atom stereocenters. The largest absolute Gasteiger partial charge is 0.504 e. The summed E-state index contributed by atoms with van der Waals surface area (Å²) in [4.78, 5) is 9.67. The van der Waals surface area contributed by atoms with Crippen LogP contribution in [0.15, 0.2) is 28.7 Å². The zero-order valence-corrected chi connectivity index (χ0v) is 6.43. The molecule has 0 aliphatic carbocycles. The van der Waals surface area contributed by atoms with Crippen LogP contribution < -0.4 is 0 Å². The molecule has 1 N–H and O–H groups in total. The molecule has 0 aliphatic heterocycles. The van der Waals surface area contributed by atoms with Gasteiger partial charge in [0.05, 0.1) is 6.07 Å². The maximum atomic E-state index is 10.3. The molecule has 2 rings (SSSR count). The fraction of sp³-hybridized carbons (Fsp3) is 0. The van der Waals surface area contributed by atoms with E-state index in [9.17, 15) is 15.2 Å². The van der Waals surface area contributed by atoms with E-state index in [0.29, 0.717) is 5.39 Å². The molecule has 66 valence electrons. The molecule has 2 aromatic rings. The van der Waals surface area contributed by atoms with Gasteiger partial charge in [0.25, 0.3) is 0 Å². The number of hydrogen-bond donors (Lipinski definition) is 1. The van der Waals surface area contributed by atoms with Crippen LogP contribution >= 0.6 is 0 Å². The molecule has 1 aromatic carbocycles. The first-order valence-corrected chi connectivity index (χ1v) is 3.54. The third kappa shape index (κ3) is 1.10. The highest BCUT2D eigenvalue weighted by Crippen LogP contribution is 2.30. The zero-order valence-electron chi connectivity index (χ0n) is 6.43. The van der Waals surface area contributed by atoms with Crippen LogP contribution in [-0.4, -0.2) is 10.0 Å². The summed E-state index contributed by atoms with van der Waals surface area (Å²) < 4.78 is 4.81. The van der Waals surface area contributed by atoms with Gasteiger partial charge in [-0.25, -0.2) is 0 Å². The summed E-state index contributed by atoms with van der Waals surface area (Å²) in [7, 11) is 0. The highest BCUT2D eigenvalue weighted by Gasteiger charge is 2.14. The van der Waals surface area contributed by atoms with Crippen molar-refractivity contribution >= 4 is 16.9 Å². The Morgan fingerprint density at radius 1 is 1.46 bits per heavy atom. The van der Waals surface area contributed by atoms with Crippen molar-refractivity contribution in [1.29, 1.82) is 0 Å².